The summed E-state index contributed by atoms with van der Waals surface area (Å²) in [5.41, 5.74) is 7.62. The van der Waals surface area contributed by atoms with E-state index in [-0.39, 0.29) is 17.1 Å². The predicted molar refractivity (Wildman–Crippen MR) is 81.1 cm³/mol. The van der Waals surface area contributed by atoms with Crippen LogP contribution in [-0.2, 0) is 16.6 Å². The molecule has 0 heterocycles. The van der Waals surface area contributed by atoms with Gasteiger partial charge in [-0.05, 0) is 36.2 Å². The third-order valence-corrected chi connectivity index (χ3v) is 4.71. The van der Waals surface area contributed by atoms with Crippen LogP contribution in [0.3, 0.4) is 0 Å². The lowest BCUT2D eigenvalue weighted by Gasteiger charge is -2.10. The van der Waals surface area contributed by atoms with Crippen molar-refractivity contribution in [2.24, 2.45) is 0 Å². The van der Waals surface area contributed by atoms with Gasteiger partial charge in [0.05, 0.1) is 5.69 Å². The van der Waals surface area contributed by atoms with E-state index < -0.39 is 10.0 Å². The smallest absolute Gasteiger partial charge is 0.242 e. The molecule has 0 unspecified atom stereocenters. The number of hydrogen-bond donors (Lipinski definition) is 2. The summed E-state index contributed by atoms with van der Waals surface area (Å²) < 4.78 is 26.9. The molecule has 2 rings (SSSR count). The highest BCUT2D eigenvalue weighted by atomic mass is 35.5. The first-order valence-corrected chi connectivity index (χ1v) is 7.85. The van der Waals surface area contributed by atoms with Gasteiger partial charge in [-0.25, -0.2) is 13.1 Å². The summed E-state index contributed by atoms with van der Waals surface area (Å²) in [5.74, 6) is 0. The van der Waals surface area contributed by atoms with Crippen molar-refractivity contribution < 1.29 is 8.42 Å². The molecule has 106 valence electrons. The van der Waals surface area contributed by atoms with E-state index >= 15 is 0 Å². The highest BCUT2D eigenvalue weighted by Crippen LogP contribution is 2.20. The van der Waals surface area contributed by atoms with Crippen LogP contribution < -0.4 is 10.5 Å². The van der Waals surface area contributed by atoms with Gasteiger partial charge in [-0.2, -0.15) is 0 Å². The zero-order chi connectivity index (χ0) is 14.8. The lowest BCUT2D eigenvalue weighted by Crippen LogP contribution is -2.24. The number of benzene rings is 2. The first-order valence-electron chi connectivity index (χ1n) is 5.99. The number of halogens is 1. The number of nitrogens with one attached hydrogen (secondary N) is 1. The number of nitrogens with two attached hydrogens (primary N) is 1. The minimum Gasteiger partial charge on any atom is -0.398 e. The fourth-order valence-corrected chi connectivity index (χ4v) is 3.12. The molecule has 0 radical (unpaired) electrons. The molecule has 0 aromatic heterocycles. The largest absolute Gasteiger partial charge is 0.398 e. The van der Waals surface area contributed by atoms with Gasteiger partial charge in [0.15, 0.2) is 0 Å². The zero-order valence-electron chi connectivity index (χ0n) is 10.9. The van der Waals surface area contributed by atoms with Gasteiger partial charge in [0.2, 0.25) is 10.0 Å². The van der Waals surface area contributed by atoms with Gasteiger partial charge in [0.25, 0.3) is 0 Å². The van der Waals surface area contributed by atoms with Gasteiger partial charge in [0.1, 0.15) is 4.90 Å². The van der Waals surface area contributed by atoms with Gasteiger partial charge in [0, 0.05) is 11.6 Å². The van der Waals surface area contributed by atoms with E-state index in [1.807, 2.05) is 6.92 Å². The molecule has 2 aromatic rings. The maximum absolute atomic E-state index is 12.2. The van der Waals surface area contributed by atoms with Crippen molar-refractivity contribution in [3.05, 3.63) is 58.6 Å². The average Bonchev–Trinajstić information content (AvgIpc) is 2.37. The van der Waals surface area contributed by atoms with Crippen LogP contribution in [0, 0.1) is 6.92 Å². The number of hydrogen-bond acceptors (Lipinski definition) is 3. The maximum Gasteiger partial charge on any atom is 0.242 e. The van der Waals surface area contributed by atoms with Crippen LogP contribution in [0.1, 0.15) is 11.1 Å². The summed E-state index contributed by atoms with van der Waals surface area (Å²) in [6.07, 6.45) is 0. The SMILES string of the molecule is Cc1ccc(S(=O)(=O)NCc2ccccc2Cl)c(N)c1. The fraction of sp³-hybridized carbons (Fsp3) is 0.143. The molecule has 0 aliphatic carbocycles. The molecule has 6 heteroatoms. The van der Waals surface area contributed by atoms with Gasteiger partial charge >= 0.3 is 0 Å². The first kappa shape index (κ1) is 14.8. The Balaban J connectivity index is 2.22. The molecular weight excluding hydrogens is 296 g/mol. The van der Waals surface area contributed by atoms with E-state index in [4.69, 9.17) is 17.3 Å². The number of sulfonamides is 1. The van der Waals surface area contributed by atoms with Crippen molar-refractivity contribution in [2.45, 2.75) is 18.4 Å². The van der Waals surface area contributed by atoms with Gasteiger partial charge in [-0.15, -0.1) is 0 Å². The van der Waals surface area contributed by atoms with Crippen molar-refractivity contribution >= 4 is 27.3 Å². The van der Waals surface area contributed by atoms with E-state index in [0.717, 1.165) is 5.56 Å². The second-order valence-corrected chi connectivity index (χ2v) is 6.60. The third-order valence-electron chi connectivity index (χ3n) is 2.87. The van der Waals surface area contributed by atoms with Gasteiger partial charge < -0.3 is 5.73 Å². The standard InChI is InChI=1S/C14H15ClN2O2S/c1-10-6-7-14(13(16)8-10)20(18,19)17-9-11-4-2-3-5-12(11)15/h2-8,17H,9,16H2,1H3. The first-order chi connectivity index (χ1) is 9.40. The van der Waals surface area contributed by atoms with E-state index in [0.29, 0.717) is 10.6 Å². The summed E-state index contributed by atoms with van der Waals surface area (Å²) in [6.45, 7) is 1.97. The Morgan fingerprint density at radius 1 is 1.20 bits per heavy atom. The molecule has 0 aliphatic rings. The summed E-state index contributed by atoms with van der Waals surface area (Å²) >= 11 is 5.99. The van der Waals surface area contributed by atoms with Crippen molar-refractivity contribution in [3.63, 3.8) is 0 Å². The highest BCUT2D eigenvalue weighted by molar-refractivity contribution is 7.89. The molecule has 0 saturated heterocycles. The highest BCUT2D eigenvalue weighted by Gasteiger charge is 2.17. The maximum atomic E-state index is 12.2. The monoisotopic (exact) mass is 310 g/mol. The van der Waals surface area contributed by atoms with Crippen LogP contribution in [0.15, 0.2) is 47.4 Å². The summed E-state index contributed by atoms with van der Waals surface area (Å²) in [6, 6.07) is 11.9. The second-order valence-electron chi connectivity index (χ2n) is 4.46. The quantitative estimate of drug-likeness (QED) is 0.853. The predicted octanol–water partition coefficient (Wildman–Crippen LogP) is 2.71. The summed E-state index contributed by atoms with van der Waals surface area (Å²) in [5, 5.41) is 0.520. The van der Waals surface area contributed by atoms with Gasteiger partial charge in [-0.1, -0.05) is 35.9 Å². The molecule has 4 nitrogen and oxygen atoms in total. The molecule has 0 bridgehead atoms. The van der Waals surface area contributed by atoms with Crippen molar-refractivity contribution in [2.75, 3.05) is 5.73 Å². The van der Waals surface area contributed by atoms with Crippen LogP contribution in [0.4, 0.5) is 5.69 Å². The summed E-state index contributed by atoms with van der Waals surface area (Å²) in [4.78, 5) is 0.0788. The molecule has 0 atom stereocenters. The topological polar surface area (TPSA) is 72.2 Å². The van der Waals surface area contributed by atoms with Crippen LogP contribution >= 0.6 is 11.6 Å². The van der Waals surface area contributed by atoms with Crippen LogP contribution in [0.25, 0.3) is 0 Å². The Labute approximate surface area is 123 Å². The van der Waals surface area contributed by atoms with E-state index in [2.05, 4.69) is 4.72 Å². The minimum absolute atomic E-state index is 0.0788. The molecule has 20 heavy (non-hydrogen) atoms. The van der Waals surface area contributed by atoms with Crippen molar-refractivity contribution in [3.8, 4) is 0 Å². The number of anilines is 1. The number of aryl methyl sites for hydroxylation is 1. The fourth-order valence-electron chi connectivity index (χ4n) is 1.80. The Bertz CT molecular complexity index is 730. The van der Waals surface area contributed by atoms with Crippen molar-refractivity contribution in [1.29, 1.82) is 0 Å². The van der Waals surface area contributed by atoms with Crippen LogP contribution in [0.2, 0.25) is 5.02 Å². The number of nitrogen functional groups attached to an aromatic ring is 1. The molecule has 0 fully saturated rings. The molecular formula is C14H15ClN2O2S. The number of rotatable bonds is 4. The lowest BCUT2D eigenvalue weighted by molar-refractivity contribution is 0.582. The van der Waals surface area contributed by atoms with Crippen molar-refractivity contribution in [1.82, 2.24) is 4.72 Å². The molecule has 3 N–H and O–H groups in total. The Morgan fingerprint density at radius 3 is 2.55 bits per heavy atom. The Kier molecular flexibility index (Phi) is 4.32. The van der Waals surface area contributed by atoms with Crippen LogP contribution in [-0.4, -0.2) is 8.42 Å². The normalized spacial score (nSPS) is 11.5. The third kappa shape index (κ3) is 3.30. The molecule has 2 aromatic carbocycles. The molecule has 0 spiro atoms. The van der Waals surface area contributed by atoms with E-state index in [1.165, 1.54) is 6.07 Å². The zero-order valence-corrected chi connectivity index (χ0v) is 12.5. The van der Waals surface area contributed by atoms with E-state index in [1.54, 1.807) is 36.4 Å². The molecule has 0 amide bonds. The minimum atomic E-state index is -3.66. The average molecular weight is 311 g/mol. The van der Waals surface area contributed by atoms with Crippen LogP contribution in [0.5, 0.6) is 0 Å². The Hall–Kier alpha value is -1.56. The summed E-state index contributed by atoms with van der Waals surface area (Å²) in [7, 11) is -3.66. The lowest BCUT2D eigenvalue weighted by atomic mass is 10.2. The second kappa shape index (κ2) is 5.83. The molecule has 0 saturated carbocycles. The van der Waals surface area contributed by atoms with E-state index in [9.17, 15) is 8.42 Å². The molecule has 0 aliphatic heterocycles. The Morgan fingerprint density at radius 2 is 1.90 bits per heavy atom. The van der Waals surface area contributed by atoms with Gasteiger partial charge in [-0.3, -0.25) is 0 Å².